The van der Waals surface area contributed by atoms with E-state index in [4.69, 9.17) is 10.6 Å². The fourth-order valence-corrected chi connectivity index (χ4v) is 5.78. The molecule has 0 saturated carbocycles. The van der Waals surface area contributed by atoms with Crippen LogP contribution in [-0.4, -0.2) is 49.4 Å². The molecule has 0 unspecified atom stereocenters. The molecule has 0 spiro atoms. The average Bonchev–Trinajstić information content (AvgIpc) is 3.23. The average molecular weight is 430 g/mol. The van der Waals surface area contributed by atoms with Gasteiger partial charge >= 0.3 is 5.97 Å². The zero-order chi connectivity index (χ0) is 21.6. The molecule has 0 radical (unpaired) electrons. The van der Waals surface area contributed by atoms with Crippen LogP contribution in [0.1, 0.15) is 47.5 Å². The van der Waals surface area contributed by atoms with E-state index in [1.54, 1.807) is 16.3 Å². The summed E-state index contributed by atoms with van der Waals surface area (Å²) in [6.07, 6.45) is 3.69. The molecule has 162 valence electrons. The van der Waals surface area contributed by atoms with E-state index in [1.165, 1.54) is 4.88 Å². The second-order valence-corrected chi connectivity index (χ2v) is 10.6. The van der Waals surface area contributed by atoms with Gasteiger partial charge in [0.1, 0.15) is 11.9 Å². The van der Waals surface area contributed by atoms with Crippen LogP contribution in [-0.2, 0) is 12.8 Å². The molecule has 1 aliphatic heterocycles. The minimum absolute atomic E-state index is 0.00737. The van der Waals surface area contributed by atoms with Crippen molar-refractivity contribution in [2.45, 2.75) is 45.6 Å². The maximum absolute atomic E-state index is 12.3. The molecule has 1 aliphatic carbocycles. The van der Waals surface area contributed by atoms with Crippen molar-refractivity contribution >= 4 is 23.0 Å². The van der Waals surface area contributed by atoms with Gasteiger partial charge in [-0.05, 0) is 48.8 Å². The number of anilines is 1. The third-order valence-corrected chi connectivity index (χ3v) is 7.51. The van der Waals surface area contributed by atoms with Gasteiger partial charge in [0, 0.05) is 49.4 Å². The second kappa shape index (κ2) is 7.87. The van der Waals surface area contributed by atoms with Crippen molar-refractivity contribution in [3.05, 3.63) is 34.2 Å². The normalized spacial score (nSPS) is 20.8. The summed E-state index contributed by atoms with van der Waals surface area (Å²) in [5, 5.41) is 11.9. The van der Waals surface area contributed by atoms with E-state index >= 15 is 0 Å². The number of carboxylic acid groups (broad SMARTS) is 1. The lowest BCUT2D eigenvalue weighted by Gasteiger charge is -2.29. The van der Waals surface area contributed by atoms with Crippen molar-refractivity contribution in [1.82, 2.24) is 5.01 Å². The van der Waals surface area contributed by atoms with Crippen molar-refractivity contribution < 1.29 is 14.6 Å². The Kier molecular flexibility index (Phi) is 5.55. The van der Waals surface area contributed by atoms with Crippen LogP contribution >= 0.6 is 11.3 Å². The molecule has 3 N–H and O–H groups in total. The highest BCUT2D eigenvalue weighted by Crippen LogP contribution is 2.47. The van der Waals surface area contributed by atoms with E-state index in [9.17, 15) is 9.90 Å². The van der Waals surface area contributed by atoms with Crippen LogP contribution in [0.5, 0.6) is 5.75 Å². The van der Waals surface area contributed by atoms with Gasteiger partial charge in [0.2, 0.25) is 0 Å². The molecule has 0 bridgehead atoms. The standard InChI is InChI=1S/C23H31N3O3S/c1-23(2)9-7-19-17(12-23)20(22(27)28)21(30-19)16-6-5-14(25(3)4)11-18(16)29-15-8-10-26(24)13-15/h5-6,11,15H,7-10,12-13,24H2,1-4H3,(H,27,28)/t15-/m0/s1. The Morgan fingerprint density at radius 3 is 2.77 bits per heavy atom. The van der Waals surface area contributed by atoms with E-state index in [-0.39, 0.29) is 11.5 Å². The van der Waals surface area contributed by atoms with E-state index in [0.29, 0.717) is 12.1 Å². The number of hydrazine groups is 1. The van der Waals surface area contributed by atoms with E-state index in [0.717, 1.165) is 59.7 Å². The van der Waals surface area contributed by atoms with Gasteiger partial charge in [0.25, 0.3) is 0 Å². The summed E-state index contributed by atoms with van der Waals surface area (Å²) in [6, 6.07) is 6.05. The Bertz CT molecular complexity index is 967. The third kappa shape index (κ3) is 4.06. The number of hydrogen-bond acceptors (Lipinski definition) is 6. The summed E-state index contributed by atoms with van der Waals surface area (Å²) in [6.45, 7) is 5.92. The number of aryl methyl sites for hydroxylation is 1. The second-order valence-electron chi connectivity index (χ2n) is 9.45. The zero-order valence-electron chi connectivity index (χ0n) is 18.2. The maximum atomic E-state index is 12.3. The van der Waals surface area contributed by atoms with Crippen LogP contribution in [0.25, 0.3) is 10.4 Å². The molecule has 4 rings (SSSR count). The molecule has 0 amide bonds. The molecule has 1 atom stereocenters. The number of carboxylic acids is 1. The lowest BCUT2D eigenvalue weighted by atomic mass is 9.76. The van der Waals surface area contributed by atoms with Gasteiger partial charge < -0.3 is 14.7 Å². The summed E-state index contributed by atoms with van der Waals surface area (Å²) in [7, 11) is 3.98. The fraction of sp³-hybridized carbons (Fsp3) is 0.522. The highest BCUT2D eigenvalue weighted by Gasteiger charge is 2.34. The number of hydrogen-bond donors (Lipinski definition) is 2. The minimum atomic E-state index is -0.850. The van der Waals surface area contributed by atoms with Gasteiger partial charge in [-0.3, -0.25) is 5.84 Å². The molecular formula is C23H31N3O3S. The maximum Gasteiger partial charge on any atom is 0.337 e. The van der Waals surface area contributed by atoms with E-state index in [2.05, 4.69) is 13.8 Å². The first-order chi connectivity index (χ1) is 14.1. The van der Waals surface area contributed by atoms with Crippen LogP contribution in [0.4, 0.5) is 5.69 Å². The molecule has 6 nitrogen and oxygen atoms in total. The first kappa shape index (κ1) is 21.2. The Hall–Kier alpha value is -2.09. The van der Waals surface area contributed by atoms with Crippen molar-refractivity contribution in [1.29, 1.82) is 0 Å². The van der Waals surface area contributed by atoms with Crippen molar-refractivity contribution in [2.24, 2.45) is 11.3 Å². The number of carbonyl (C=O) groups is 1. The lowest BCUT2D eigenvalue weighted by Crippen LogP contribution is -2.30. The van der Waals surface area contributed by atoms with Gasteiger partial charge in [-0.1, -0.05) is 13.8 Å². The van der Waals surface area contributed by atoms with Crippen LogP contribution in [0.3, 0.4) is 0 Å². The van der Waals surface area contributed by atoms with Crippen LogP contribution < -0.4 is 15.5 Å². The molecule has 1 aromatic carbocycles. The van der Waals surface area contributed by atoms with Crippen LogP contribution in [0.15, 0.2) is 18.2 Å². The SMILES string of the molecule is CN(C)c1ccc(-c2sc3c(c2C(=O)O)CC(C)(C)CC3)c(O[C@H]2CCN(N)C2)c1. The number of rotatable bonds is 5. The largest absolute Gasteiger partial charge is 0.488 e. The molecule has 2 aromatic rings. The van der Waals surface area contributed by atoms with Crippen molar-refractivity contribution in [3.8, 4) is 16.2 Å². The Balaban J connectivity index is 1.82. The first-order valence-electron chi connectivity index (χ1n) is 10.5. The number of ether oxygens (including phenoxy) is 1. The highest BCUT2D eigenvalue weighted by molar-refractivity contribution is 7.16. The number of nitrogens with zero attached hydrogens (tertiary/aromatic N) is 2. The third-order valence-electron chi connectivity index (χ3n) is 6.19. The summed E-state index contributed by atoms with van der Waals surface area (Å²) in [4.78, 5) is 16.4. The Morgan fingerprint density at radius 2 is 2.13 bits per heavy atom. The van der Waals surface area contributed by atoms with Gasteiger partial charge in [0.15, 0.2) is 0 Å². The van der Waals surface area contributed by atoms with Gasteiger partial charge in [-0.2, -0.15) is 0 Å². The van der Waals surface area contributed by atoms with E-state index < -0.39 is 5.97 Å². The summed E-state index contributed by atoms with van der Waals surface area (Å²) in [5.74, 6) is 5.82. The van der Waals surface area contributed by atoms with Crippen molar-refractivity contribution in [3.63, 3.8) is 0 Å². The molecule has 2 aliphatic rings. The Labute approximate surface area is 182 Å². The first-order valence-corrected chi connectivity index (χ1v) is 11.3. The predicted octanol–water partition coefficient (Wildman–Crippen LogP) is 4.02. The number of fused-ring (bicyclic) bond motifs is 1. The predicted molar refractivity (Wildman–Crippen MR) is 122 cm³/mol. The summed E-state index contributed by atoms with van der Waals surface area (Å²) < 4.78 is 6.40. The van der Waals surface area contributed by atoms with E-state index in [1.807, 2.05) is 37.2 Å². The van der Waals surface area contributed by atoms with Gasteiger partial charge in [-0.25, -0.2) is 9.80 Å². The highest BCUT2D eigenvalue weighted by atomic mass is 32.1. The number of nitrogens with two attached hydrogens (primary N) is 1. The van der Waals surface area contributed by atoms with Crippen molar-refractivity contribution in [2.75, 3.05) is 32.1 Å². The minimum Gasteiger partial charge on any atom is -0.488 e. The van der Waals surface area contributed by atoms with Crippen LogP contribution in [0, 0.1) is 5.41 Å². The molecular weight excluding hydrogens is 398 g/mol. The fourth-order valence-electron chi connectivity index (χ4n) is 4.44. The lowest BCUT2D eigenvalue weighted by molar-refractivity contribution is 0.0696. The zero-order valence-corrected chi connectivity index (χ0v) is 19.0. The van der Waals surface area contributed by atoms with Crippen LogP contribution in [0.2, 0.25) is 0 Å². The number of benzene rings is 1. The summed E-state index contributed by atoms with van der Waals surface area (Å²) >= 11 is 1.62. The Morgan fingerprint density at radius 1 is 1.37 bits per heavy atom. The molecule has 2 heterocycles. The molecule has 1 saturated heterocycles. The molecule has 1 aromatic heterocycles. The monoisotopic (exact) mass is 429 g/mol. The number of thiophene rings is 1. The quantitative estimate of drug-likeness (QED) is 0.699. The molecule has 30 heavy (non-hydrogen) atoms. The van der Waals surface area contributed by atoms with Gasteiger partial charge in [0.05, 0.1) is 10.4 Å². The summed E-state index contributed by atoms with van der Waals surface area (Å²) in [5.41, 5.74) is 3.48. The smallest absolute Gasteiger partial charge is 0.337 e. The topological polar surface area (TPSA) is 79.0 Å². The van der Waals surface area contributed by atoms with Gasteiger partial charge in [-0.15, -0.1) is 11.3 Å². The number of aromatic carboxylic acids is 1. The molecule has 1 fully saturated rings. The molecule has 7 heteroatoms.